The number of aryl methyl sites for hydroxylation is 1. The molecule has 0 unspecified atom stereocenters. The molecule has 1 aromatic carbocycles. The minimum atomic E-state index is 0.321. The van der Waals surface area contributed by atoms with Gasteiger partial charge in [0.25, 0.3) is 5.95 Å². The molecule has 2 heterocycles. The van der Waals surface area contributed by atoms with Crippen molar-refractivity contribution in [3.8, 4) is 23.1 Å². The number of aromatic nitrogens is 4. The summed E-state index contributed by atoms with van der Waals surface area (Å²) in [7, 11) is 0. The van der Waals surface area contributed by atoms with Crippen LogP contribution in [0.25, 0.3) is 17.1 Å². The fourth-order valence-electron chi connectivity index (χ4n) is 1.97. The maximum Gasteiger partial charge on any atom is 0.252 e. The highest BCUT2D eigenvalue weighted by Crippen LogP contribution is 2.20. The van der Waals surface area contributed by atoms with Gasteiger partial charge in [-0.2, -0.15) is 10.4 Å². The molecule has 102 valence electrons. The second kappa shape index (κ2) is 5.06. The van der Waals surface area contributed by atoms with Crippen LogP contribution in [-0.2, 0) is 0 Å². The zero-order valence-corrected chi connectivity index (χ0v) is 11.4. The molecule has 0 aliphatic carbocycles. The topological polar surface area (TPSA) is 93.4 Å². The van der Waals surface area contributed by atoms with Gasteiger partial charge in [0.2, 0.25) is 0 Å². The molecule has 0 atom stereocenters. The number of anilines is 1. The second-order valence-corrected chi connectivity index (χ2v) is 4.60. The Balaban J connectivity index is 2.00. The summed E-state index contributed by atoms with van der Waals surface area (Å²) in [4.78, 5) is 8.44. The Morgan fingerprint density at radius 2 is 1.90 bits per heavy atom. The van der Waals surface area contributed by atoms with Crippen molar-refractivity contribution in [3.05, 3.63) is 54.1 Å². The Bertz CT molecular complexity index is 826. The number of hydrogen-bond acceptors (Lipinski definition) is 5. The van der Waals surface area contributed by atoms with E-state index in [1.54, 1.807) is 16.9 Å². The summed E-state index contributed by atoms with van der Waals surface area (Å²) in [5.41, 5.74) is 9.37. The van der Waals surface area contributed by atoms with Gasteiger partial charge in [0, 0.05) is 23.1 Å². The zero-order valence-electron chi connectivity index (χ0n) is 11.4. The third-order valence-electron chi connectivity index (χ3n) is 2.99. The lowest BCUT2D eigenvalue weighted by atomic mass is 10.1. The van der Waals surface area contributed by atoms with Gasteiger partial charge in [-0.15, -0.1) is 0 Å². The summed E-state index contributed by atoms with van der Waals surface area (Å²) in [6.45, 7) is 1.82. The van der Waals surface area contributed by atoms with Crippen LogP contribution in [0.1, 0.15) is 11.4 Å². The van der Waals surface area contributed by atoms with Crippen LogP contribution in [0.5, 0.6) is 0 Å². The normalized spacial score (nSPS) is 10.3. The average Bonchev–Trinajstić information content (AvgIpc) is 2.97. The first-order chi connectivity index (χ1) is 10.2. The smallest absolute Gasteiger partial charge is 0.252 e. The van der Waals surface area contributed by atoms with E-state index in [2.05, 4.69) is 15.1 Å². The number of nitrogens with zero attached hydrogens (tertiary/aromatic N) is 5. The highest BCUT2D eigenvalue weighted by atomic mass is 15.3. The van der Waals surface area contributed by atoms with E-state index < -0.39 is 0 Å². The molecule has 3 rings (SSSR count). The Labute approximate surface area is 121 Å². The zero-order chi connectivity index (χ0) is 14.8. The van der Waals surface area contributed by atoms with Crippen LogP contribution < -0.4 is 5.73 Å². The van der Waals surface area contributed by atoms with Crippen molar-refractivity contribution in [2.24, 2.45) is 0 Å². The van der Waals surface area contributed by atoms with E-state index in [9.17, 15) is 0 Å². The summed E-state index contributed by atoms with van der Waals surface area (Å²) in [6, 6.07) is 11.2. The highest BCUT2D eigenvalue weighted by Gasteiger charge is 2.07. The third-order valence-corrected chi connectivity index (χ3v) is 2.99. The fraction of sp³-hybridized carbons (Fsp3) is 0.0667. The van der Waals surface area contributed by atoms with Crippen LogP contribution in [-0.4, -0.2) is 19.7 Å². The molecule has 0 radical (unpaired) electrons. The molecule has 21 heavy (non-hydrogen) atoms. The van der Waals surface area contributed by atoms with Crippen molar-refractivity contribution in [2.75, 3.05) is 5.73 Å². The minimum Gasteiger partial charge on any atom is -0.399 e. The van der Waals surface area contributed by atoms with Gasteiger partial charge in [0.05, 0.1) is 6.20 Å². The number of rotatable bonds is 2. The molecule has 2 N–H and O–H groups in total. The maximum atomic E-state index is 8.96. The molecule has 3 aromatic rings. The van der Waals surface area contributed by atoms with Crippen LogP contribution in [0.4, 0.5) is 5.69 Å². The number of benzene rings is 1. The first kappa shape index (κ1) is 12.8. The Morgan fingerprint density at radius 1 is 1.14 bits per heavy atom. The molecule has 0 fully saturated rings. The summed E-state index contributed by atoms with van der Waals surface area (Å²) >= 11 is 0. The number of nitrogens with two attached hydrogens (primary N) is 1. The van der Waals surface area contributed by atoms with E-state index in [0.29, 0.717) is 17.3 Å². The van der Waals surface area contributed by atoms with Crippen LogP contribution in [0.2, 0.25) is 0 Å². The van der Waals surface area contributed by atoms with E-state index in [1.807, 2.05) is 43.5 Å². The third kappa shape index (κ3) is 2.58. The van der Waals surface area contributed by atoms with Crippen molar-refractivity contribution in [1.29, 1.82) is 5.26 Å². The number of nitriles is 1. The van der Waals surface area contributed by atoms with Crippen LogP contribution in [0.15, 0.2) is 42.7 Å². The largest absolute Gasteiger partial charge is 0.399 e. The van der Waals surface area contributed by atoms with Crippen molar-refractivity contribution in [1.82, 2.24) is 19.7 Å². The second-order valence-electron chi connectivity index (χ2n) is 4.60. The van der Waals surface area contributed by atoms with Gasteiger partial charge in [-0.3, -0.25) is 0 Å². The molecule has 6 nitrogen and oxygen atoms in total. The predicted octanol–water partition coefficient (Wildman–Crippen LogP) is 2.09. The van der Waals surface area contributed by atoms with E-state index in [4.69, 9.17) is 11.0 Å². The monoisotopic (exact) mass is 276 g/mol. The van der Waals surface area contributed by atoms with Gasteiger partial charge < -0.3 is 5.73 Å². The molecule has 0 spiro atoms. The fourth-order valence-corrected chi connectivity index (χ4v) is 1.97. The summed E-state index contributed by atoms with van der Waals surface area (Å²) < 4.78 is 1.56. The van der Waals surface area contributed by atoms with Crippen molar-refractivity contribution in [3.63, 3.8) is 0 Å². The van der Waals surface area contributed by atoms with Crippen LogP contribution in [0.3, 0.4) is 0 Å². The summed E-state index contributed by atoms with van der Waals surface area (Å²) in [6.07, 6.45) is 3.55. The average molecular weight is 276 g/mol. The van der Waals surface area contributed by atoms with Gasteiger partial charge >= 0.3 is 0 Å². The molecule has 0 saturated heterocycles. The van der Waals surface area contributed by atoms with Gasteiger partial charge in [-0.05, 0) is 30.7 Å². The van der Waals surface area contributed by atoms with Gasteiger partial charge in [0.15, 0.2) is 0 Å². The molecule has 0 aliphatic heterocycles. The molecule has 0 saturated carbocycles. The Morgan fingerprint density at radius 3 is 2.62 bits per heavy atom. The summed E-state index contributed by atoms with van der Waals surface area (Å²) in [5, 5.41) is 13.2. The highest BCUT2D eigenvalue weighted by molar-refractivity contribution is 5.64. The maximum absolute atomic E-state index is 8.96. The predicted molar refractivity (Wildman–Crippen MR) is 78.5 cm³/mol. The first-order valence-corrected chi connectivity index (χ1v) is 6.32. The Kier molecular flexibility index (Phi) is 3.09. The SMILES string of the molecule is Cc1cc(C#N)nc(-n2cc(-c3ccc(N)cc3)cn2)n1. The quantitative estimate of drug-likeness (QED) is 0.723. The molecule has 0 bridgehead atoms. The van der Waals surface area contributed by atoms with E-state index in [0.717, 1.165) is 16.8 Å². The van der Waals surface area contributed by atoms with Crippen molar-refractivity contribution in [2.45, 2.75) is 6.92 Å². The van der Waals surface area contributed by atoms with Gasteiger partial charge in [-0.1, -0.05) is 12.1 Å². The number of hydrogen-bond donors (Lipinski definition) is 1. The van der Waals surface area contributed by atoms with Gasteiger partial charge in [0.1, 0.15) is 11.8 Å². The van der Waals surface area contributed by atoms with Crippen molar-refractivity contribution < 1.29 is 0 Å². The lowest BCUT2D eigenvalue weighted by Crippen LogP contribution is -2.04. The van der Waals surface area contributed by atoms with E-state index in [1.165, 1.54) is 0 Å². The van der Waals surface area contributed by atoms with E-state index in [-0.39, 0.29) is 0 Å². The number of nitrogen functional groups attached to an aromatic ring is 1. The van der Waals surface area contributed by atoms with Crippen LogP contribution in [0, 0.1) is 18.3 Å². The lowest BCUT2D eigenvalue weighted by Gasteiger charge is -2.01. The molecular weight excluding hydrogens is 264 g/mol. The van der Waals surface area contributed by atoms with Crippen LogP contribution >= 0.6 is 0 Å². The first-order valence-electron chi connectivity index (χ1n) is 6.32. The lowest BCUT2D eigenvalue weighted by molar-refractivity contribution is 0.798. The molecular formula is C15H12N6. The van der Waals surface area contributed by atoms with E-state index >= 15 is 0 Å². The molecule has 2 aromatic heterocycles. The molecule has 0 aliphatic rings. The summed E-state index contributed by atoms with van der Waals surface area (Å²) in [5.74, 6) is 0.383. The Hall–Kier alpha value is -3.20. The molecule has 6 heteroatoms. The molecule has 0 amide bonds. The van der Waals surface area contributed by atoms with Crippen molar-refractivity contribution >= 4 is 5.69 Å². The minimum absolute atomic E-state index is 0.321. The standard InChI is InChI=1S/C15H12N6/c1-10-6-14(7-16)20-15(19-10)21-9-12(8-18-21)11-2-4-13(17)5-3-11/h2-6,8-9H,17H2,1H3. The van der Waals surface area contributed by atoms with Gasteiger partial charge in [-0.25, -0.2) is 14.6 Å².